The molecule has 0 spiro atoms. The van der Waals surface area contributed by atoms with E-state index in [1.54, 1.807) is 12.1 Å². The van der Waals surface area contributed by atoms with Crippen molar-refractivity contribution in [1.29, 1.82) is 0 Å². The van der Waals surface area contributed by atoms with Gasteiger partial charge < -0.3 is 9.72 Å². The molecule has 0 saturated heterocycles. The van der Waals surface area contributed by atoms with Gasteiger partial charge in [-0.1, -0.05) is 54.1 Å². The molecule has 0 fully saturated rings. The predicted molar refractivity (Wildman–Crippen MR) is 139 cm³/mol. The standard InChI is InChI=1S/C28H24ClN3O3/c1-3-35-21-12-9-18(10-13-21)25-16-24(31-32(25)17(2)33)27-26(19-7-5-4-6-8-19)22-15-20(29)11-14-23(22)30-28(27)34/h4-15,25H,3,16H2,1-2H3,(H,30,34). The van der Waals surface area contributed by atoms with Crippen molar-refractivity contribution in [3.63, 3.8) is 0 Å². The number of pyridine rings is 1. The lowest BCUT2D eigenvalue weighted by molar-refractivity contribution is -0.130. The molecule has 5 rings (SSSR count). The zero-order valence-corrected chi connectivity index (χ0v) is 20.2. The highest BCUT2D eigenvalue weighted by molar-refractivity contribution is 6.31. The number of rotatable bonds is 5. The number of halogens is 1. The van der Waals surface area contributed by atoms with Crippen LogP contribution < -0.4 is 10.3 Å². The number of hydrogen-bond donors (Lipinski definition) is 1. The van der Waals surface area contributed by atoms with E-state index < -0.39 is 0 Å². The van der Waals surface area contributed by atoms with Crippen LogP contribution in [0.5, 0.6) is 5.75 Å². The number of hydrazone groups is 1. The van der Waals surface area contributed by atoms with E-state index in [9.17, 15) is 9.59 Å². The molecule has 1 aliphatic rings. The number of H-pyrrole nitrogens is 1. The molecular weight excluding hydrogens is 462 g/mol. The average molecular weight is 486 g/mol. The largest absolute Gasteiger partial charge is 0.494 e. The summed E-state index contributed by atoms with van der Waals surface area (Å²) >= 11 is 6.35. The van der Waals surface area contributed by atoms with E-state index in [1.165, 1.54) is 11.9 Å². The predicted octanol–water partition coefficient (Wildman–Crippen LogP) is 5.94. The Hall–Kier alpha value is -3.90. The van der Waals surface area contributed by atoms with Gasteiger partial charge in [-0.25, -0.2) is 5.01 Å². The molecule has 1 aromatic heterocycles. The lowest BCUT2D eigenvalue weighted by Gasteiger charge is -2.20. The molecule has 0 saturated carbocycles. The minimum absolute atomic E-state index is 0.194. The third-order valence-electron chi connectivity index (χ3n) is 6.14. The van der Waals surface area contributed by atoms with E-state index in [4.69, 9.17) is 16.3 Å². The Kier molecular flexibility index (Phi) is 6.14. The SMILES string of the molecule is CCOc1ccc(C2CC(c3c(-c4ccccc4)c4cc(Cl)ccc4[nH]c3=O)=NN2C(C)=O)cc1. The summed E-state index contributed by atoms with van der Waals surface area (Å²) in [5.74, 6) is 0.569. The van der Waals surface area contributed by atoms with Crippen LogP contribution in [0, 0.1) is 0 Å². The first-order valence-electron chi connectivity index (χ1n) is 11.5. The highest BCUT2D eigenvalue weighted by Gasteiger charge is 2.34. The number of aromatic nitrogens is 1. The quantitative estimate of drug-likeness (QED) is 0.380. The molecule has 0 aliphatic carbocycles. The van der Waals surface area contributed by atoms with Crippen LogP contribution in [-0.2, 0) is 4.79 Å². The summed E-state index contributed by atoms with van der Waals surface area (Å²) in [5.41, 5.74) is 3.99. The second-order valence-electron chi connectivity index (χ2n) is 8.39. The lowest BCUT2D eigenvalue weighted by atomic mass is 9.91. The zero-order valence-electron chi connectivity index (χ0n) is 19.4. The van der Waals surface area contributed by atoms with Gasteiger partial charge in [0.15, 0.2) is 0 Å². The monoisotopic (exact) mass is 485 g/mol. The van der Waals surface area contributed by atoms with E-state index in [-0.39, 0.29) is 17.5 Å². The molecule has 1 atom stereocenters. The van der Waals surface area contributed by atoms with Crippen molar-refractivity contribution in [3.05, 3.63) is 99.3 Å². The number of aromatic amines is 1. The molecule has 2 heterocycles. The summed E-state index contributed by atoms with van der Waals surface area (Å²) in [6, 6.07) is 22.4. The van der Waals surface area contributed by atoms with Crippen molar-refractivity contribution in [2.75, 3.05) is 6.61 Å². The van der Waals surface area contributed by atoms with Gasteiger partial charge in [0.2, 0.25) is 5.91 Å². The molecule has 1 unspecified atom stereocenters. The second-order valence-corrected chi connectivity index (χ2v) is 8.83. The van der Waals surface area contributed by atoms with E-state index in [1.807, 2.05) is 67.6 Å². The fraction of sp³-hybridized carbons (Fsp3) is 0.179. The van der Waals surface area contributed by atoms with Gasteiger partial charge in [-0.15, -0.1) is 0 Å². The summed E-state index contributed by atoms with van der Waals surface area (Å²) in [6.07, 6.45) is 0.405. The highest BCUT2D eigenvalue weighted by Crippen LogP contribution is 2.37. The Balaban J connectivity index is 1.67. The van der Waals surface area contributed by atoms with Gasteiger partial charge in [-0.05, 0) is 48.4 Å². The van der Waals surface area contributed by atoms with Crippen LogP contribution in [0.1, 0.15) is 37.4 Å². The van der Waals surface area contributed by atoms with E-state index in [0.29, 0.717) is 34.8 Å². The van der Waals surface area contributed by atoms with Gasteiger partial charge >= 0.3 is 0 Å². The van der Waals surface area contributed by atoms with Crippen LogP contribution in [0.25, 0.3) is 22.0 Å². The van der Waals surface area contributed by atoms with Gasteiger partial charge in [0.05, 0.1) is 23.9 Å². The van der Waals surface area contributed by atoms with Crippen molar-refractivity contribution in [1.82, 2.24) is 9.99 Å². The summed E-state index contributed by atoms with van der Waals surface area (Å²) < 4.78 is 5.55. The van der Waals surface area contributed by atoms with Gasteiger partial charge in [-0.2, -0.15) is 5.10 Å². The lowest BCUT2D eigenvalue weighted by Crippen LogP contribution is -2.24. The molecule has 4 aromatic rings. The van der Waals surface area contributed by atoms with Crippen LogP contribution in [0.2, 0.25) is 5.02 Å². The number of benzene rings is 3. The molecule has 35 heavy (non-hydrogen) atoms. The van der Waals surface area contributed by atoms with Crippen molar-refractivity contribution in [3.8, 4) is 16.9 Å². The number of hydrogen-bond acceptors (Lipinski definition) is 4. The van der Waals surface area contributed by atoms with E-state index in [0.717, 1.165) is 27.8 Å². The molecular formula is C28H24ClN3O3. The molecule has 3 aromatic carbocycles. The number of nitrogens with zero attached hydrogens (tertiary/aromatic N) is 2. The summed E-state index contributed by atoms with van der Waals surface area (Å²) in [5, 5.41) is 7.51. The van der Waals surface area contributed by atoms with Crippen molar-refractivity contribution in [2.24, 2.45) is 5.10 Å². The fourth-order valence-corrected chi connectivity index (χ4v) is 4.78. The molecule has 176 valence electrons. The number of nitrogens with one attached hydrogen (secondary N) is 1. The molecule has 1 N–H and O–H groups in total. The first-order valence-corrected chi connectivity index (χ1v) is 11.9. The summed E-state index contributed by atoms with van der Waals surface area (Å²) in [4.78, 5) is 29.0. The number of ether oxygens (including phenoxy) is 1. The highest BCUT2D eigenvalue weighted by atomic mass is 35.5. The van der Waals surface area contributed by atoms with Crippen LogP contribution in [-0.4, -0.2) is 28.2 Å². The van der Waals surface area contributed by atoms with Crippen LogP contribution in [0.15, 0.2) is 82.7 Å². The maximum atomic E-state index is 13.4. The molecule has 1 aliphatic heterocycles. The average Bonchev–Trinajstić information content (AvgIpc) is 3.30. The summed E-state index contributed by atoms with van der Waals surface area (Å²) in [6.45, 7) is 3.99. The molecule has 7 heteroatoms. The van der Waals surface area contributed by atoms with Crippen molar-refractivity contribution in [2.45, 2.75) is 26.3 Å². The van der Waals surface area contributed by atoms with E-state index >= 15 is 0 Å². The van der Waals surface area contributed by atoms with E-state index in [2.05, 4.69) is 10.1 Å². The Bertz CT molecular complexity index is 1490. The molecule has 0 radical (unpaired) electrons. The maximum Gasteiger partial charge on any atom is 0.258 e. The van der Waals surface area contributed by atoms with Crippen LogP contribution in [0.4, 0.5) is 0 Å². The Morgan fingerprint density at radius 3 is 2.51 bits per heavy atom. The number of amides is 1. The Labute approximate surface area is 207 Å². The second kappa shape index (κ2) is 9.39. The maximum absolute atomic E-state index is 13.4. The van der Waals surface area contributed by atoms with Gasteiger partial charge in [0.1, 0.15) is 5.75 Å². The number of carbonyl (C=O) groups excluding carboxylic acids is 1. The first-order chi connectivity index (χ1) is 17.0. The minimum Gasteiger partial charge on any atom is -0.494 e. The fourth-order valence-electron chi connectivity index (χ4n) is 4.61. The Morgan fingerprint density at radius 2 is 1.83 bits per heavy atom. The normalized spacial score (nSPS) is 15.3. The molecule has 1 amide bonds. The summed E-state index contributed by atoms with van der Waals surface area (Å²) in [7, 11) is 0. The van der Waals surface area contributed by atoms with Gasteiger partial charge in [-0.3, -0.25) is 9.59 Å². The smallest absolute Gasteiger partial charge is 0.258 e. The number of fused-ring (bicyclic) bond motifs is 1. The third-order valence-corrected chi connectivity index (χ3v) is 6.37. The van der Waals surface area contributed by atoms with Crippen molar-refractivity contribution < 1.29 is 9.53 Å². The number of carbonyl (C=O) groups is 1. The van der Waals surface area contributed by atoms with Gasteiger partial charge in [0.25, 0.3) is 5.56 Å². The van der Waals surface area contributed by atoms with Crippen LogP contribution >= 0.6 is 11.6 Å². The topological polar surface area (TPSA) is 74.8 Å². The first kappa shape index (κ1) is 22.9. The third kappa shape index (κ3) is 4.33. The Morgan fingerprint density at radius 1 is 1.09 bits per heavy atom. The molecule has 0 bridgehead atoms. The minimum atomic E-state index is -0.323. The van der Waals surface area contributed by atoms with Crippen LogP contribution in [0.3, 0.4) is 0 Å². The van der Waals surface area contributed by atoms with Gasteiger partial charge in [0, 0.05) is 34.8 Å². The molecule has 6 nitrogen and oxygen atoms in total. The van der Waals surface area contributed by atoms with Crippen molar-refractivity contribution >= 4 is 34.1 Å². The zero-order chi connectivity index (χ0) is 24.5.